The predicted molar refractivity (Wildman–Crippen MR) is 316 cm³/mol. The first-order valence-corrected chi connectivity index (χ1v) is 27.0. The van der Waals surface area contributed by atoms with Gasteiger partial charge >= 0.3 is 0 Å². The topological polar surface area (TPSA) is 3.24 Å². The lowest BCUT2D eigenvalue weighted by Crippen LogP contribution is -2.29. The first kappa shape index (κ1) is 46.8. The highest BCUT2D eigenvalue weighted by Gasteiger charge is 2.52. The fourth-order valence-corrected chi connectivity index (χ4v) is 13.3. The smallest absolute Gasteiger partial charge is 0.0726 e. The Hall–Kier alpha value is -8.00. The molecule has 0 aromatic heterocycles. The molecule has 75 heavy (non-hydrogen) atoms. The van der Waals surface area contributed by atoms with Crippen LogP contribution >= 0.6 is 0 Å². The molecule has 13 rings (SSSR count). The zero-order valence-corrected chi connectivity index (χ0v) is 44.9. The molecule has 0 radical (unpaired) electrons. The van der Waals surface area contributed by atoms with Crippen LogP contribution in [0, 0.1) is 0 Å². The molecule has 0 bridgehead atoms. The van der Waals surface area contributed by atoms with Crippen molar-refractivity contribution in [3.8, 4) is 44.5 Å². The van der Waals surface area contributed by atoms with Crippen LogP contribution in [0.25, 0.3) is 44.5 Å². The highest BCUT2D eigenvalue weighted by atomic mass is 15.1. The first-order chi connectivity index (χ1) is 36.1. The average molecular weight is 968 g/mol. The monoisotopic (exact) mass is 968 g/mol. The van der Waals surface area contributed by atoms with Crippen molar-refractivity contribution in [1.82, 2.24) is 0 Å². The van der Waals surface area contributed by atoms with Crippen molar-refractivity contribution >= 4 is 17.1 Å². The Morgan fingerprint density at radius 1 is 0.253 bits per heavy atom. The van der Waals surface area contributed by atoms with Gasteiger partial charge in [0.25, 0.3) is 0 Å². The van der Waals surface area contributed by atoms with E-state index in [9.17, 15) is 0 Å². The van der Waals surface area contributed by atoms with Crippen LogP contribution in [0.5, 0.6) is 0 Å². The molecule has 0 saturated carbocycles. The number of anilines is 3. The maximum atomic E-state index is 2.54. The minimum Gasteiger partial charge on any atom is -0.310 e. The molecule has 0 saturated heterocycles. The van der Waals surface area contributed by atoms with Crippen LogP contribution in [0.15, 0.2) is 231 Å². The van der Waals surface area contributed by atoms with Gasteiger partial charge in [0.05, 0.1) is 10.8 Å². The van der Waals surface area contributed by atoms with Gasteiger partial charge in [0, 0.05) is 17.1 Å². The molecular weight excluding hydrogens is 903 g/mol. The molecule has 3 aliphatic carbocycles. The number of hydrogen-bond acceptors (Lipinski definition) is 1. The minimum atomic E-state index is -0.559. The zero-order chi connectivity index (χ0) is 51.6. The van der Waals surface area contributed by atoms with Crippen LogP contribution in [-0.4, -0.2) is 0 Å². The van der Waals surface area contributed by atoms with Crippen LogP contribution in [0.3, 0.4) is 0 Å². The molecule has 1 heteroatoms. The van der Waals surface area contributed by atoms with E-state index in [0.717, 1.165) is 17.1 Å². The van der Waals surface area contributed by atoms with Gasteiger partial charge in [-0.25, -0.2) is 0 Å². The van der Waals surface area contributed by atoms with Gasteiger partial charge < -0.3 is 4.90 Å². The third-order valence-electron chi connectivity index (χ3n) is 17.1. The second-order valence-electron chi connectivity index (χ2n) is 24.5. The van der Waals surface area contributed by atoms with Crippen LogP contribution in [0.1, 0.15) is 124 Å². The molecule has 0 fully saturated rings. The van der Waals surface area contributed by atoms with Crippen molar-refractivity contribution in [2.24, 2.45) is 0 Å². The van der Waals surface area contributed by atoms with Crippen molar-refractivity contribution in [3.63, 3.8) is 0 Å². The molecule has 0 amide bonds. The standard InChI is InChI=1S/C74H65N/c1-70(2,3)50-31-33-53(34-32-50)73(52-29-27-49(28-30-52)48-19-11-10-12-20-48)64-24-16-15-23-60(64)63-46-56(41-44-67(63)73)75(55-38-35-51(36-39-55)71(4,5)6)57-40-43-62-59-22-14-18-26-66(59)74(69(62)47-57)65-25-17-13-21-58(65)61-42-37-54(45-68(61)74)72(7,8)9/h10-47H,1-9H3. The Balaban J connectivity index is 1.05. The van der Waals surface area contributed by atoms with Crippen molar-refractivity contribution in [1.29, 1.82) is 0 Å². The van der Waals surface area contributed by atoms with E-state index in [1.165, 1.54) is 106 Å². The van der Waals surface area contributed by atoms with Gasteiger partial charge in [-0.05, 0) is 158 Å². The summed E-state index contributed by atoms with van der Waals surface area (Å²) in [6.45, 7) is 20.8. The van der Waals surface area contributed by atoms with Gasteiger partial charge in [-0.1, -0.05) is 256 Å². The summed E-state index contributed by atoms with van der Waals surface area (Å²) in [5, 5.41) is 0. The molecule has 3 aliphatic rings. The van der Waals surface area contributed by atoms with E-state index in [2.05, 4.69) is 298 Å². The van der Waals surface area contributed by atoms with E-state index in [-0.39, 0.29) is 16.2 Å². The van der Waals surface area contributed by atoms with E-state index >= 15 is 0 Å². The van der Waals surface area contributed by atoms with E-state index in [1.807, 2.05) is 0 Å². The summed E-state index contributed by atoms with van der Waals surface area (Å²) >= 11 is 0. The molecule has 1 spiro atoms. The van der Waals surface area contributed by atoms with Crippen LogP contribution < -0.4 is 4.90 Å². The largest absolute Gasteiger partial charge is 0.310 e. The van der Waals surface area contributed by atoms with Crippen LogP contribution in [0.4, 0.5) is 17.1 Å². The minimum absolute atomic E-state index is 0.00917. The molecule has 1 nitrogen and oxygen atoms in total. The van der Waals surface area contributed by atoms with E-state index in [1.54, 1.807) is 0 Å². The molecule has 10 aromatic rings. The van der Waals surface area contributed by atoms with Crippen LogP contribution in [-0.2, 0) is 27.1 Å². The van der Waals surface area contributed by atoms with Gasteiger partial charge in [-0.3, -0.25) is 0 Å². The molecule has 0 heterocycles. The second-order valence-corrected chi connectivity index (χ2v) is 24.5. The highest BCUT2D eigenvalue weighted by Crippen LogP contribution is 2.64. The highest BCUT2D eigenvalue weighted by molar-refractivity contribution is 5.97. The number of benzene rings is 10. The lowest BCUT2D eigenvalue weighted by Gasteiger charge is -2.35. The van der Waals surface area contributed by atoms with Crippen LogP contribution in [0.2, 0.25) is 0 Å². The quantitative estimate of drug-likeness (QED) is 0.160. The normalized spacial score (nSPS) is 17.0. The van der Waals surface area contributed by atoms with Crippen molar-refractivity contribution < 1.29 is 0 Å². The van der Waals surface area contributed by atoms with Gasteiger partial charge in [0.2, 0.25) is 0 Å². The maximum absolute atomic E-state index is 2.54. The van der Waals surface area contributed by atoms with Gasteiger partial charge in [-0.15, -0.1) is 0 Å². The van der Waals surface area contributed by atoms with E-state index in [4.69, 9.17) is 0 Å². The number of hydrogen-bond donors (Lipinski definition) is 0. The summed E-state index contributed by atoms with van der Waals surface area (Å²) in [4.78, 5) is 2.52. The molecule has 10 aromatic carbocycles. The fourth-order valence-electron chi connectivity index (χ4n) is 13.3. The number of rotatable bonds is 6. The molecular formula is C74H65N. The average Bonchev–Trinajstić information content (AvgIpc) is 4.11. The van der Waals surface area contributed by atoms with Gasteiger partial charge in [0.15, 0.2) is 0 Å². The summed E-state index contributed by atoms with van der Waals surface area (Å²) in [7, 11) is 0. The molecule has 366 valence electrons. The predicted octanol–water partition coefficient (Wildman–Crippen LogP) is 19.4. The Kier molecular flexibility index (Phi) is 10.4. The third-order valence-corrected chi connectivity index (χ3v) is 17.1. The van der Waals surface area contributed by atoms with Crippen molar-refractivity contribution in [2.45, 2.75) is 89.4 Å². The Morgan fingerprint density at radius 2 is 0.627 bits per heavy atom. The summed E-state index contributed by atoms with van der Waals surface area (Å²) in [6.07, 6.45) is 0. The lowest BCUT2D eigenvalue weighted by atomic mass is 9.67. The molecule has 2 unspecified atom stereocenters. The molecule has 0 N–H and O–H groups in total. The summed E-state index contributed by atoms with van der Waals surface area (Å²) < 4.78 is 0. The number of fused-ring (bicyclic) bond motifs is 13. The Morgan fingerprint density at radius 3 is 1.19 bits per heavy atom. The Labute approximate surface area is 445 Å². The first-order valence-electron chi connectivity index (χ1n) is 27.0. The molecule has 2 atom stereocenters. The zero-order valence-electron chi connectivity index (χ0n) is 44.9. The summed E-state index contributed by atoms with van der Waals surface area (Å²) in [5.41, 5.74) is 27.1. The SMILES string of the molecule is CC(C)(C)c1ccc(N(c2ccc3c(c2)-c2ccccc2C3(c2ccc(-c3ccccc3)cc2)c2ccc(C(C)(C)C)cc2)c2ccc3c(c2)C2(c4ccccc4-3)c3ccccc3-c3ccc(C(C)(C)C)cc32)cc1. The molecule has 0 aliphatic heterocycles. The maximum Gasteiger partial charge on any atom is 0.0726 e. The Bertz CT molecular complexity index is 3840. The van der Waals surface area contributed by atoms with E-state index in [0.29, 0.717) is 0 Å². The van der Waals surface area contributed by atoms with Gasteiger partial charge in [-0.2, -0.15) is 0 Å². The summed E-state index contributed by atoms with van der Waals surface area (Å²) in [5.74, 6) is 0. The number of nitrogens with zero attached hydrogens (tertiary/aromatic N) is 1. The van der Waals surface area contributed by atoms with E-state index < -0.39 is 10.8 Å². The van der Waals surface area contributed by atoms with Crippen molar-refractivity contribution in [3.05, 3.63) is 292 Å². The lowest BCUT2D eigenvalue weighted by molar-refractivity contribution is 0.588. The second kappa shape index (κ2) is 16.8. The fraction of sp³-hybridized carbons (Fsp3) is 0.189. The van der Waals surface area contributed by atoms with Gasteiger partial charge in [0.1, 0.15) is 0 Å². The van der Waals surface area contributed by atoms with Crippen molar-refractivity contribution in [2.75, 3.05) is 4.90 Å². The summed E-state index contributed by atoms with van der Waals surface area (Å²) in [6, 6.07) is 88.5. The third kappa shape index (κ3) is 7.04.